The molecule has 0 N–H and O–H groups in total. The molecule has 0 spiro atoms. The molecule has 0 amide bonds. The van der Waals surface area contributed by atoms with Gasteiger partial charge in [0.1, 0.15) is 22.3 Å². The summed E-state index contributed by atoms with van der Waals surface area (Å²) in [6.45, 7) is 0. The minimum Gasteiger partial charge on any atom is -0.455 e. The van der Waals surface area contributed by atoms with Gasteiger partial charge >= 0.3 is 0 Å². The van der Waals surface area contributed by atoms with Crippen LogP contribution in [0.3, 0.4) is 0 Å². The van der Waals surface area contributed by atoms with E-state index in [4.69, 9.17) is 8.83 Å². The van der Waals surface area contributed by atoms with Crippen LogP contribution in [0.4, 0.5) is 0 Å². The minimum absolute atomic E-state index is 0.884. The van der Waals surface area contributed by atoms with Gasteiger partial charge in [-0.2, -0.15) is 0 Å². The summed E-state index contributed by atoms with van der Waals surface area (Å²) >= 11 is 0. The molecule has 2 heteroatoms. The van der Waals surface area contributed by atoms with E-state index in [9.17, 15) is 0 Å². The number of fused-ring (bicyclic) bond motifs is 8. The molecule has 2 aliphatic heterocycles. The van der Waals surface area contributed by atoms with Crippen LogP contribution >= 0.6 is 0 Å². The molecule has 0 radical (unpaired) electrons. The molecule has 0 fully saturated rings. The van der Waals surface area contributed by atoms with Crippen molar-refractivity contribution in [2.75, 3.05) is 0 Å². The Kier molecular flexibility index (Phi) is 5.00. The van der Waals surface area contributed by atoms with Gasteiger partial charge in [-0.1, -0.05) is 146 Å². The first-order chi connectivity index (χ1) is 24.8. The van der Waals surface area contributed by atoms with Crippen LogP contribution in [0.15, 0.2) is 167 Å². The Labute approximate surface area is 286 Å². The summed E-state index contributed by atoms with van der Waals surface area (Å²) in [4.78, 5) is 0. The topological polar surface area (TPSA) is 26.3 Å². The fourth-order valence-electron chi connectivity index (χ4n) is 8.89. The molecule has 0 atom stereocenters. The van der Waals surface area contributed by atoms with Gasteiger partial charge in [0.15, 0.2) is 0 Å². The van der Waals surface area contributed by atoms with Crippen molar-refractivity contribution in [1.29, 1.82) is 0 Å². The Hall–Kier alpha value is -6.64. The summed E-state index contributed by atoms with van der Waals surface area (Å²) in [5.74, 6) is 0. The van der Waals surface area contributed by atoms with E-state index in [1.807, 2.05) is 0 Å². The van der Waals surface area contributed by atoms with Gasteiger partial charge in [0, 0.05) is 43.8 Å². The predicted octanol–water partition coefficient (Wildman–Crippen LogP) is 14.0. The molecule has 2 aliphatic rings. The molecule has 0 saturated carbocycles. The molecular weight excluding hydrogens is 609 g/mol. The third-order valence-corrected chi connectivity index (χ3v) is 11.0. The molecule has 0 unspecified atom stereocenters. The third kappa shape index (κ3) is 3.28. The van der Waals surface area contributed by atoms with Crippen LogP contribution in [-0.4, -0.2) is 0 Å². The van der Waals surface area contributed by atoms with Gasteiger partial charge in [-0.05, 0) is 66.3 Å². The van der Waals surface area contributed by atoms with Gasteiger partial charge in [-0.25, -0.2) is 0 Å². The summed E-state index contributed by atoms with van der Waals surface area (Å²) in [6.07, 6.45) is 0. The van der Waals surface area contributed by atoms with Crippen molar-refractivity contribution in [3.05, 3.63) is 158 Å². The molecule has 230 valence electrons. The lowest BCUT2D eigenvalue weighted by Crippen LogP contribution is -1.99. The fourth-order valence-corrected chi connectivity index (χ4v) is 8.89. The van der Waals surface area contributed by atoms with E-state index in [1.165, 1.54) is 32.3 Å². The van der Waals surface area contributed by atoms with E-state index < -0.39 is 0 Å². The maximum atomic E-state index is 7.40. The van der Waals surface area contributed by atoms with Gasteiger partial charge < -0.3 is 8.83 Å². The molecule has 50 heavy (non-hydrogen) atoms. The van der Waals surface area contributed by atoms with Gasteiger partial charge in [-0.3, -0.25) is 0 Å². The first kappa shape index (κ1) is 26.3. The third-order valence-electron chi connectivity index (χ3n) is 11.0. The predicted molar refractivity (Wildman–Crippen MR) is 210 cm³/mol. The Bertz CT molecular complexity index is 3080. The van der Waals surface area contributed by atoms with E-state index in [0.717, 1.165) is 88.0 Å². The van der Waals surface area contributed by atoms with Crippen LogP contribution < -0.4 is 0 Å². The Morgan fingerprint density at radius 1 is 0.240 bits per heavy atom. The number of rotatable bonds is 2. The molecule has 0 aromatic heterocycles. The van der Waals surface area contributed by atoms with Crippen molar-refractivity contribution >= 4 is 87.0 Å². The van der Waals surface area contributed by atoms with E-state index in [0.29, 0.717) is 0 Å². The van der Waals surface area contributed by atoms with E-state index in [-0.39, 0.29) is 0 Å². The first-order valence-corrected chi connectivity index (χ1v) is 17.2. The van der Waals surface area contributed by atoms with Crippen LogP contribution in [0.25, 0.3) is 120 Å². The van der Waals surface area contributed by atoms with Crippen molar-refractivity contribution in [3.8, 4) is 33.4 Å². The maximum absolute atomic E-state index is 7.40. The summed E-state index contributed by atoms with van der Waals surface area (Å²) in [5, 5.41) is 13.9. The Balaban J connectivity index is 1.36. The monoisotopic (exact) mass is 634 g/mol. The van der Waals surface area contributed by atoms with E-state index in [2.05, 4.69) is 158 Å². The van der Waals surface area contributed by atoms with Gasteiger partial charge in [0.05, 0.1) is 0 Å². The maximum Gasteiger partial charge on any atom is 0.144 e. The smallest absolute Gasteiger partial charge is 0.144 e. The Morgan fingerprint density at radius 3 is 1.08 bits per heavy atom. The summed E-state index contributed by atoms with van der Waals surface area (Å²) in [7, 11) is 0. The average molecular weight is 635 g/mol. The lowest BCUT2D eigenvalue weighted by Gasteiger charge is -2.25. The van der Waals surface area contributed by atoms with Crippen molar-refractivity contribution in [3.63, 3.8) is 0 Å². The molecule has 0 bridgehead atoms. The standard InChI is InChI=1S/C48H26O2/c1-3-15-29-27(11-1)13-9-21-31(29)39-25-23-35-33-17-5-8-20-38(33)48-43-41(35)45(39)49-47-37-19-7-6-18-34(37)36-24-26-40(46(50-48)42(36)44(43)47)32-22-10-14-28-12-2-4-16-30(28)32/h1-26H. The zero-order valence-corrected chi connectivity index (χ0v) is 26.8. The molecule has 10 aromatic rings. The molecule has 10 aromatic carbocycles. The average Bonchev–Trinajstić information content (AvgIpc) is 3.19. The molecule has 2 heterocycles. The largest absolute Gasteiger partial charge is 0.455 e. The lowest BCUT2D eigenvalue weighted by molar-refractivity contribution is 0.652. The fraction of sp³-hybridized carbons (Fsp3) is 0. The van der Waals surface area contributed by atoms with Crippen LogP contribution in [0.5, 0.6) is 0 Å². The summed E-state index contributed by atoms with van der Waals surface area (Å²) in [5.41, 5.74) is 10.3. The molecule has 2 nitrogen and oxygen atoms in total. The zero-order chi connectivity index (χ0) is 32.5. The van der Waals surface area contributed by atoms with Crippen LogP contribution in [0.2, 0.25) is 0 Å². The highest BCUT2D eigenvalue weighted by Crippen LogP contribution is 2.55. The van der Waals surface area contributed by atoms with Crippen molar-refractivity contribution in [1.82, 2.24) is 0 Å². The van der Waals surface area contributed by atoms with E-state index >= 15 is 0 Å². The molecule has 12 rings (SSSR count). The van der Waals surface area contributed by atoms with Gasteiger partial charge in [-0.15, -0.1) is 0 Å². The van der Waals surface area contributed by atoms with Crippen LogP contribution in [-0.2, 0) is 0 Å². The molecular formula is C48H26O2. The quantitative estimate of drug-likeness (QED) is 0.140. The van der Waals surface area contributed by atoms with Crippen molar-refractivity contribution in [2.45, 2.75) is 0 Å². The number of hydrogen-bond donors (Lipinski definition) is 0. The highest BCUT2D eigenvalue weighted by Gasteiger charge is 2.31. The van der Waals surface area contributed by atoms with E-state index in [1.54, 1.807) is 0 Å². The Morgan fingerprint density at radius 2 is 0.620 bits per heavy atom. The molecule has 0 aliphatic carbocycles. The highest BCUT2D eigenvalue weighted by atomic mass is 16.3. The zero-order valence-electron chi connectivity index (χ0n) is 26.8. The van der Waals surface area contributed by atoms with Crippen LogP contribution in [0, 0.1) is 0 Å². The van der Waals surface area contributed by atoms with Crippen molar-refractivity contribution in [2.24, 2.45) is 0 Å². The number of hydrogen-bond acceptors (Lipinski definition) is 2. The lowest BCUT2D eigenvalue weighted by atomic mass is 9.83. The second kappa shape index (κ2) is 9.49. The summed E-state index contributed by atoms with van der Waals surface area (Å²) < 4.78 is 14.8. The molecule has 0 saturated heterocycles. The second-order valence-electron chi connectivity index (χ2n) is 13.5. The van der Waals surface area contributed by atoms with Crippen LogP contribution in [0.1, 0.15) is 0 Å². The van der Waals surface area contributed by atoms with Gasteiger partial charge in [0.25, 0.3) is 0 Å². The normalized spacial score (nSPS) is 12.4. The van der Waals surface area contributed by atoms with Crippen molar-refractivity contribution < 1.29 is 8.83 Å². The first-order valence-electron chi connectivity index (χ1n) is 17.2. The number of benzene rings is 10. The highest BCUT2D eigenvalue weighted by molar-refractivity contribution is 6.37. The minimum atomic E-state index is 0.884. The second-order valence-corrected chi connectivity index (χ2v) is 13.5. The summed E-state index contributed by atoms with van der Waals surface area (Å²) in [6, 6.07) is 56.7. The van der Waals surface area contributed by atoms with Gasteiger partial charge in [0.2, 0.25) is 0 Å². The SMILES string of the molecule is c1ccc2c(-c3ccc4c5ccccc5c5oc6c(-c7cccc8ccccc78)ccc7c8ccccc8c8oc3c4c5-c8c67)cccc2c1.